The number of aliphatic hydroxyl groups excluding tert-OH is 2. The van der Waals surface area contributed by atoms with Gasteiger partial charge in [-0.3, -0.25) is 4.79 Å². The lowest BCUT2D eigenvalue weighted by Crippen LogP contribution is -2.54. The Morgan fingerprint density at radius 2 is 2.00 bits per heavy atom. The summed E-state index contributed by atoms with van der Waals surface area (Å²) in [7, 11) is 2.63. The Hall–Kier alpha value is -1.02. The largest absolute Gasteiger partial charge is 0.388 e. The molecule has 0 aliphatic heterocycles. The highest BCUT2D eigenvalue weighted by atomic mass is 16.5. The molecule has 0 rings (SSSR count). The summed E-state index contributed by atoms with van der Waals surface area (Å²) in [6.45, 7) is 1.13. The average molecular weight is 249 g/mol. The van der Waals surface area contributed by atoms with E-state index in [-0.39, 0.29) is 6.61 Å². The number of rotatable bonds is 8. The first-order valence-electron chi connectivity index (χ1n) is 5.08. The van der Waals surface area contributed by atoms with Crippen LogP contribution in [0.1, 0.15) is 6.92 Å². The predicted octanol–water partition coefficient (Wildman–Crippen LogP) is -1.93. The van der Waals surface area contributed by atoms with Gasteiger partial charge in [0.2, 0.25) is 5.91 Å². The van der Waals surface area contributed by atoms with Crippen LogP contribution in [0.15, 0.2) is 0 Å². The molecule has 0 aromatic carbocycles. The molecule has 0 aliphatic rings. The second-order valence-corrected chi connectivity index (χ2v) is 3.58. The van der Waals surface area contributed by atoms with Gasteiger partial charge >= 0.3 is 0 Å². The third-order valence-electron chi connectivity index (χ3n) is 2.21. The molecule has 0 fully saturated rings. The maximum atomic E-state index is 10.9. The first kappa shape index (κ1) is 16.0. The molecular formula is C10H19NO6. The van der Waals surface area contributed by atoms with Crippen molar-refractivity contribution in [1.82, 2.24) is 5.32 Å². The van der Waals surface area contributed by atoms with E-state index in [1.165, 1.54) is 21.1 Å². The standard InChI is InChI=1S/C10H19NO6/c1-6(13)11-7(4-12)10(17-3)9(15)8(14)5-16-2/h4,7-10,14-15H,5H2,1-3H3,(H,11,13). The minimum atomic E-state index is -1.35. The van der Waals surface area contributed by atoms with Crippen molar-refractivity contribution in [2.75, 3.05) is 20.8 Å². The van der Waals surface area contributed by atoms with Gasteiger partial charge in [-0.2, -0.15) is 0 Å². The molecule has 0 radical (unpaired) electrons. The minimum absolute atomic E-state index is 0.104. The number of ether oxygens (including phenoxy) is 2. The van der Waals surface area contributed by atoms with Gasteiger partial charge in [0.1, 0.15) is 30.6 Å². The van der Waals surface area contributed by atoms with Crippen LogP contribution in [-0.4, -0.2) is 67.6 Å². The number of aliphatic hydroxyl groups is 2. The molecule has 1 amide bonds. The monoisotopic (exact) mass is 249 g/mol. The van der Waals surface area contributed by atoms with Gasteiger partial charge in [-0.05, 0) is 0 Å². The molecule has 4 atom stereocenters. The average Bonchev–Trinajstić information content (AvgIpc) is 2.28. The predicted molar refractivity (Wildman–Crippen MR) is 58.4 cm³/mol. The molecule has 0 bridgehead atoms. The molecule has 0 aliphatic carbocycles. The lowest BCUT2D eigenvalue weighted by atomic mass is 10.0. The van der Waals surface area contributed by atoms with Crippen LogP contribution in [-0.2, 0) is 19.1 Å². The van der Waals surface area contributed by atoms with Crippen molar-refractivity contribution in [3.63, 3.8) is 0 Å². The summed E-state index contributed by atoms with van der Waals surface area (Å²) in [5, 5.41) is 21.6. The highest BCUT2D eigenvalue weighted by molar-refractivity contribution is 5.77. The Kier molecular flexibility index (Phi) is 7.64. The maximum Gasteiger partial charge on any atom is 0.217 e. The van der Waals surface area contributed by atoms with E-state index in [0.717, 1.165) is 0 Å². The molecule has 100 valence electrons. The number of amides is 1. The van der Waals surface area contributed by atoms with E-state index < -0.39 is 30.3 Å². The summed E-state index contributed by atoms with van der Waals surface area (Å²) in [6.07, 6.45) is -3.15. The smallest absolute Gasteiger partial charge is 0.217 e. The summed E-state index contributed by atoms with van der Waals surface area (Å²) in [6, 6.07) is -1.03. The van der Waals surface area contributed by atoms with Gasteiger partial charge in [0.25, 0.3) is 0 Å². The van der Waals surface area contributed by atoms with Crippen LogP contribution in [0.4, 0.5) is 0 Å². The van der Waals surface area contributed by atoms with Crippen molar-refractivity contribution >= 4 is 12.2 Å². The van der Waals surface area contributed by atoms with E-state index in [1.807, 2.05) is 0 Å². The summed E-state index contributed by atoms with van der Waals surface area (Å²) in [5.41, 5.74) is 0. The van der Waals surface area contributed by atoms with Crippen molar-refractivity contribution in [2.24, 2.45) is 0 Å². The van der Waals surface area contributed by atoms with E-state index in [2.05, 4.69) is 10.1 Å². The third-order valence-corrected chi connectivity index (χ3v) is 2.21. The van der Waals surface area contributed by atoms with E-state index in [9.17, 15) is 19.8 Å². The second kappa shape index (κ2) is 8.13. The van der Waals surface area contributed by atoms with Gasteiger partial charge in [-0.25, -0.2) is 0 Å². The van der Waals surface area contributed by atoms with Crippen molar-refractivity contribution in [3.05, 3.63) is 0 Å². The number of nitrogens with one attached hydrogen (secondary N) is 1. The molecule has 7 heteroatoms. The topological polar surface area (TPSA) is 105 Å². The zero-order valence-corrected chi connectivity index (χ0v) is 10.1. The summed E-state index contributed by atoms with van der Waals surface area (Å²) in [5.74, 6) is -0.433. The molecule has 0 aromatic heterocycles. The fourth-order valence-corrected chi connectivity index (χ4v) is 1.42. The number of hydrogen-bond acceptors (Lipinski definition) is 6. The van der Waals surface area contributed by atoms with Gasteiger partial charge in [0.15, 0.2) is 0 Å². The van der Waals surface area contributed by atoms with E-state index in [1.54, 1.807) is 0 Å². The molecule has 0 saturated heterocycles. The van der Waals surface area contributed by atoms with Crippen LogP contribution in [0.25, 0.3) is 0 Å². The number of carbonyl (C=O) groups excluding carboxylic acids is 2. The summed E-state index contributed by atoms with van der Waals surface area (Å²) >= 11 is 0. The van der Waals surface area contributed by atoms with Crippen LogP contribution in [0.2, 0.25) is 0 Å². The van der Waals surface area contributed by atoms with Crippen LogP contribution in [0, 0.1) is 0 Å². The van der Waals surface area contributed by atoms with E-state index in [4.69, 9.17) is 4.74 Å². The van der Waals surface area contributed by atoms with Crippen molar-refractivity contribution in [2.45, 2.75) is 31.3 Å². The van der Waals surface area contributed by atoms with Gasteiger partial charge in [-0.15, -0.1) is 0 Å². The van der Waals surface area contributed by atoms with Crippen molar-refractivity contribution in [1.29, 1.82) is 0 Å². The van der Waals surface area contributed by atoms with Gasteiger partial charge in [0, 0.05) is 21.1 Å². The quantitative estimate of drug-likeness (QED) is 0.433. The minimum Gasteiger partial charge on any atom is -0.388 e. The number of aldehydes is 1. The summed E-state index contributed by atoms with van der Waals surface area (Å²) < 4.78 is 9.59. The summed E-state index contributed by atoms with van der Waals surface area (Å²) in [4.78, 5) is 21.7. The lowest BCUT2D eigenvalue weighted by molar-refractivity contribution is -0.133. The highest BCUT2D eigenvalue weighted by Gasteiger charge is 2.33. The Bertz CT molecular complexity index is 247. The van der Waals surface area contributed by atoms with Crippen LogP contribution in [0.3, 0.4) is 0 Å². The normalized spacial score (nSPS) is 17.9. The molecule has 3 N–H and O–H groups in total. The van der Waals surface area contributed by atoms with Gasteiger partial charge in [-0.1, -0.05) is 0 Å². The SMILES string of the molecule is COCC(O)C(O)C(OC)C(C=O)NC(C)=O. The Labute approximate surface area is 99.7 Å². The molecule has 0 spiro atoms. The molecule has 4 unspecified atom stereocenters. The fourth-order valence-electron chi connectivity index (χ4n) is 1.42. The van der Waals surface area contributed by atoms with Crippen LogP contribution >= 0.6 is 0 Å². The first-order valence-corrected chi connectivity index (χ1v) is 5.08. The Morgan fingerprint density at radius 1 is 1.41 bits per heavy atom. The molecule has 17 heavy (non-hydrogen) atoms. The van der Waals surface area contributed by atoms with Gasteiger partial charge in [0.05, 0.1) is 6.61 Å². The van der Waals surface area contributed by atoms with Crippen molar-refractivity contribution < 1.29 is 29.3 Å². The van der Waals surface area contributed by atoms with E-state index in [0.29, 0.717) is 6.29 Å². The Morgan fingerprint density at radius 3 is 2.35 bits per heavy atom. The molecule has 0 aromatic rings. The van der Waals surface area contributed by atoms with Crippen LogP contribution < -0.4 is 5.32 Å². The van der Waals surface area contributed by atoms with Crippen LogP contribution in [0.5, 0.6) is 0 Å². The Balaban J connectivity index is 4.65. The zero-order chi connectivity index (χ0) is 13.4. The zero-order valence-electron chi connectivity index (χ0n) is 10.1. The number of hydrogen-bond donors (Lipinski definition) is 3. The molecule has 7 nitrogen and oxygen atoms in total. The molecule has 0 saturated carbocycles. The van der Waals surface area contributed by atoms with E-state index >= 15 is 0 Å². The van der Waals surface area contributed by atoms with Crippen molar-refractivity contribution in [3.8, 4) is 0 Å². The van der Waals surface area contributed by atoms with Gasteiger partial charge < -0.3 is 29.8 Å². The molecule has 0 heterocycles. The number of methoxy groups -OCH3 is 2. The molecular weight excluding hydrogens is 230 g/mol. The lowest BCUT2D eigenvalue weighted by Gasteiger charge is -2.29. The second-order valence-electron chi connectivity index (χ2n) is 3.58. The fraction of sp³-hybridized carbons (Fsp3) is 0.800. The first-order chi connectivity index (χ1) is 7.97. The maximum absolute atomic E-state index is 10.9. The highest BCUT2D eigenvalue weighted by Crippen LogP contribution is 2.08. The number of carbonyl (C=O) groups is 2. The third kappa shape index (κ3) is 5.22.